The molecule has 7 heteroatoms. The number of halogens is 1. The van der Waals surface area contributed by atoms with Gasteiger partial charge in [-0.25, -0.2) is 0 Å². The van der Waals surface area contributed by atoms with Gasteiger partial charge in [-0.05, 0) is 307 Å². The van der Waals surface area contributed by atoms with Gasteiger partial charge in [0.2, 0.25) is 0 Å². The molecule has 0 unspecified atom stereocenters. The summed E-state index contributed by atoms with van der Waals surface area (Å²) < 4.78 is 14.9. The summed E-state index contributed by atoms with van der Waals surface area (Å²) in [5.74, 6) is 0. The first-order valence-electron chi connectivity index (χ1n) is 47.5. The monoisotopic (exact) mass is 1870 g/mol. The molecule has 24 aromatic carbocycles. The summed E-state index contributed by atoms with van der Waals surface area (Å²) >= 11 is 2.49. The number of nitrogens with one attached hydrogen (secondary N) is 1. The molecule has 0 atom stereocenters. The summed E-state index contributed by atoms with van der Waals surface area (Å²) in [6, 6.07) is 151. The Hall–Kier alpha value is -16.1. The first-order valence-corrected chi connectivity index (χ1v) is 48.6. The van der Waals surface area contributed by atoms with E-state index in [-0.39, 0.29) is 10.8 Å². The summed E-state index contributed by atoms with van der Waals surface area (Å²) in [6.07, 6.45) is 0. The topological polar surface area (TPSA) is 48.0 Å². The van der Waals surface area contributed by atoms with E-state index in [1.54, 1.807) is 0 Å². The molecule has 652 valence electrons. The van der Waals surface area contributed by atoms with Crippen molar-refractivity contribution in [1.82, 2.24) is 0 Å². The Balaban J connectivity index is 0.000000119. The second-order valence-electron chi connectivity index (χ2n) is 38.5. The summed E-state index contributed by atoms with van der Waals surface area (Å²) in [6.45, 7) is 18.4. The van der Waals surface area contributed by atoms with Crippen molar-refractivity contribution in [3.05, 3.63) is 461 Å². The van der Waals surface area contributed by atoms with Gasteiger partial charge in [-0.3, -0.25) is 0 Å². The highest BCUT2D eigenvalue weighted by molar-refractivity contribution is 14.1. The third-order valence-corrected chi connectivity index (χ3v) is 30.8. The van der Waals surface area contributed by atoms with Crippen LogP contribution in [-0.4, -0.2) is 0 Å². The molecule has 0 amide bonds. The van der Waals surface area contributed by atoms with Crippen LogP contribution in [0.25, 0.3) is 175 Å². The second-order valence-corrected chi connectivity index (χ2v) is 39.6. The van der Waals surface area contributed by atoms with Crippen LogP contribution in [0.3, 0.4) is 0 Å². The molecule has 6 nitrogen and oxygen atoms in total. The summed E-state index contributed by atoms with van der Waals surface area (Å²) in [7, 11) is 0. The van der Waals surface area contributed by atoms with E-state index in [2.05, 4.69) is 511 Å². The normalized spacial score (nSPS) is 13.0. The molecule has 0 bridgehead atoms. The predicted molar refractivity (Wildman–Crippen MR) is 590 cm³/mol. The molecule has 0 radical (unpaired) electrons. The number of benzene rings is 24. The number of hydrogen-bond acceptors (Lipinski definition) is 6. The number of rotatable bonds is 13. The second kappa shape index (κ2) is 31.5. The Labute approximate surface area is 809 Å². The highest BCUT2D eigenvalue weighted by Crippen LogP contribution is 2.58. The number of fused-ring (bicyclic) bond motifs is 6. The van der Waals surface area contributed by atoms with E-state index in [0.29, 0.717) is 0 Å². The molecule has 2 aliphatic rings. The van der Waals surface area contributed by atoms with Crippen LogP contribution < -0.4 is 20.0 Å². The average Bonchev–Trinajstić information content (AvgIpc) is 1.37. The largest absolute Gasteiger partial charge is 0.454 e. The molecule has 0 saturated carbocycles. The number of para-hydroxylation sites is 4. The minimum atomic E-state index is -0.159. The third-order valence-electron chi connectivity index (χ3n) is 29.9. The number of nitrogens with zero attached hydrogens (tertiary/aromatic N) is 3. The average molecular weight is 1870 g/mol. The number of hydrogen-bond donors (Lipinski definition) is 1. The minimum absolute atomic E-state index is 0.0164. The van der Waals surface area contributed by atoms with E-state index in [1.807, 2.05) is 0 Å². The molecule has 0 aliphatic heterocycles. The first kappa shape index (κ1) is 81.7. The van der Waals surface area contributed by atoms with Crippen molar-refractivity contribution in [2.45, 2.75) is 66.2 Å². The van der Waals surface area contributed by atoms with Crippen LogP contribution in [0.2, 0.25) is 0 Å². The maximum atomic E-state index is 6.92. The van der Waals surface area contributed by atoms with Crippen LogP contribution >= 0.6 is 22.6 Å². The molecule has 0 fully saturated rings. The van der Waals surface area contributed by atoms with Crippen LogP contribution in [0.1, 0.15) is 72.2 Å². The van der Waals surface area contributed by atoms with Crippen molar-refractivity contribution in [3.8, 4) is 44.5 Å². The zero-order valence-corrected chi connectivity index (χ0v) is 79.5. The number of anilines is 11. The SMILES string of the molecule is CC1(C)c2ccccc2-c2ccc(Nc3ccccc3-c3ccccc3)cc21.Cc1cc(I)c2ccc3c(C)cc(N(c4ccccc4)c4ccc5ccc6cccc7oc4c5c67)c4ccc1c2c34.Cc1cc(N(c2ccc3c(c2)C(C)(C)c2ccccc2-3)c2ccccc2-c2ccccc2)c2ccc3c(C)cc(N(c4ccccc4)c4ccc5ccc6cccc7oc4c5c67)c4ccc1c2c34. The molecular formula is C130H93IN4O2. The fraction of sp³-hybridized carbons (Fsp3) is 0.0769. The lowest BCUT2D eigenvalue weighted by Crippen LogP contribution is -2.17. The van der Waals surface area contributed by atoms with E-state index in [1.165, 1.54) is 200 Å². The van der Waals surface area contributed by atoms with Crippen LogP contribution in [0, 0.1) is 31.3 Å². The van der Waals surface area contributed by atoms with Gasteiger partial charge in [-0.1, -0.05) is 331 Å². The lowest BCUT2D eigenvalue weighted by molar-refractivity contribution is 0.660. The molecule has 2 aromatic heterocycles. The molecule has 26 aromatic rings. The lowest BCUT2D eigenvalue weighted by Gasteiger charge is -2.32. The highest BCUT2D eigenvalue weighted by Gasteiger charge is 2.39. The Morgan fingerprint density at radius 1 is 0.234 bits per heavy atom. The molecule has 137 heavy (non-hydrogen) atoms. The van der Waals surface area contributed by atoms with Crippen LogP contribution in [0.4, 0.5) is 62.6 Å². The maximum absolute atomic E-state index is 6.92. The minimum Gasteiger partial charge on any atom is -0.454 e. The smallest absolute Gasteiger partial charge is 0.160 e. The van der Waals surface area contributed by atoms with Crippen molar-refractivity contribution in [1.29, 1.82) is 0 Å². The van der Waals surface area contributed by atoms with E-state index >= 15 is 0 Å². The Morgan fingerprint density at radius 3 is 1.08 bits per heavy atom. The predicted octanol–water partition coefficient (Wildman–Crippen LogP) is 37.8. The summed E-state index contributed by atoms with van der Waals surface area (Å²) in [4.78, 5) is 7.37. The first-order chi connectivity index (χ1) is 67.1. The van der Waals surface area contributed by atoms with Gasteiger partial charge >= 0.3 is 0 Å². The quantitative estimate of drug-likeness (QED) is 0.0917. The molecule has 2 aliphatic carbocycles. The van der Waals surface area contributed by atoms with E-state index in [0.717, 1.165) is 84.9 Å². The van der Waals surface area contributed by atoms with Gasteiger partial charge in [0.25, 0.3) is 0 Å². The van der Waals surface area contributed by atoms with Gasteiger partial charge < -0.3 is 28.9 Å². The van der Waals surface area contributed by atoms with Gasteiger partial charge in [0.15, 0.2) is 11.2 Å². The lowest BCUT2D eigenvalue weighted by atomic mass is 9.82. The Morgan fingerprint density at radius 2 is 0.591 bits per heavy atom. The van der Waals surface area contributed by atoms with Crippen molar-refractivity contribution in [3.63, 3.8) is 0 Å². The summed E-state index contributed by atoms with van der Waals surface area (Å²) in [5.41, 5.74) is 36.4. The van der Waals surface area contributed by atoms with Crippen molar-refractivity contribution >= 4 is 215 Å². The maximum Gasteiger partial charge on any atom is 0.160 e. The van der Waals surface area contributed by atoms with E-state index in [4.69, 9.17) is 8.83 Å². The zero-order valence-electron chi connectivity index (χ0n) is 77.3. The fourth-order valence-electron chi connectivity index (χ4n) is 23.5. The third kappa shape index (κ3) is 12.7. The van der Waals surface area contributed by atoms with Crippen molar-refractivity contribution < 1.29 is 8.83 Å². The molecular weight excluding hydrogens is 1780 g/mol. The number of furan rings is 2. The standard InChI is InChI=1S/C65H46N2O.C38H24INO.C27H23N/c1-39-36-57(66(44-19-9-6-10-20-44)56-35-28-43-27-26-42-18-15-25-59-60(42)61(43)64(56)68-59)51-33-31-47-40(2)37-58(52-34-32-46(39)62(51)63(47)52)67(55-24-14-12-21-48(55)41-16-7-5-8-17-41)45-29-30-50-49-22-11-13-23-53(49)65(3,4)54(50)38-45;1-21-19-30(39)28-16-14-27-22(2)20-32(29-17-15-26(21)36(28)37(27)29)40(25-8-4-3-5-9-25)31-18-13-24-12-11-23-7-6-10-33-34(23)35(24)38(31)41-33;1-27(2)24-14-8-6-13-22(24)23-17-16-20(18-25(23)27)28-26-15-9-7-12-21(26)19-10-4-3-5-11-19/h5-38H,1-4H3;3-20H,1-2H3;3-18,28H,1-2H3. The van der Waals surface area contributed by atoms with Crippen molar-refractivity contribution in [2.75, 3.05) is 20.0 Å². The highest BCUT2D eigenvalue weighted by atomic mass is 127. The zero-order chi connectivity index (χ0) is 92.0. The van der Waals surface area contributed by atoms with Gasteiger partial charge in [-0.15, -0.1) is 0 Å². The Kier molecular flexibility index (Phi) is 18.8. The van der Waals surface area contributed by atoms with Crippen LogP contribution in [-0.2, 0) is 10.8 Å². The molecule has 0 spiro atoms. The Bertz CT molecular complexity index is 9310. The van der Waals surface area contributed by atoms with Crippen LogP contribution in [0.5, 0.6) is 0 Å². The molecule has 28 rings (SSSR count). The summed E-state index contributed by atoms with van der Waals surface area (Å²) in [5, 5.41) is 28.5. The van der Waals surface area contributed by atoms with Crippen LogP contribution in [0.15, 0.2) is 421 Å². The van der Waals surface area contributed by atoms with Crippen molar-refractivity contribution in [2.24, 2.45) is 0 Å². The number of aryl methyl sites for hydroxylation is 4. The van der Waals surface area contributed by atoms with Gasteiger partial charge in [-0.2, -0.15) is 0 Å². The molecule has 1 N–H and O–H groups in total. The van der Waals surface area contributed by atoms with E-state index < -0.39 is 0 Å². The van der Waals surface area contributed by atoms with Gasteiger partial charge in [0, 0.05) is 91.7 Å². The van der Waals surface area contributed by atoms with E-state index in [9.17, 15) is 0 Å². The van der Waals surface area contributed by atoms with Gasteiger partial charge in [0.1, 0.15) is 11.2 Å². The molecule has 0 saturated heterocycles. The fourth-order valence-corrected chi connectivity index (χ4v) is 24.4. The molecule has 2 heterocycles. The van der Waals surface area contributed by atoms with Gasteiger partial charge in [0.05, 0.1) is 34.1 Å².